The molecule has 0 radical (unpaired) electrons. The molecule has 1 aliphatic carbocycles. The van der Waals surface area contributed by atoms with Gasteiger partial charge in [0.15, 0.2) is 0 Å². The molecule has 0 aliphatic heterocycles. The van der Waals surface area contributed by atoms with Crippen LogP contribution < -0.4 is 10.6 Å². The number of nitrogens with one attached hydrogen (secondary N) is 2. The van der Waals surface area contributed by atoms with E-state index in [4.69, 9.17) is 0 Å². The molecule has 1 amide bonds. The number of benzene rings is 1. The lowest BCUT2D eigenvalue weighted by Crippen LogP contribution is -2.26. The second-order valence-electron chi connectivity index (χ2n) is 4.03. The van der Waals surface area contributed by atoms with Gasteiger partial charge in [-0.15, -0.1) is 0 Å². The highest BCUT2D eigenvalue weighted by Gasteiger charge is 2.24. The lowest BCUT2D eigenvalue weighted by atomic mass is 10.1. The Morgan fingerprint density at radius 1 is 1.40 bits per heavy atom. The number of hydrogen-bond donors (Lipinski definition) is 2. The predicted octanol–water partition coefficient (Wildman–Crippen LogP) is 1.93. The molecule has 0 spiro atoms. The summed E-state index contributed by atoms with van der Waals surface area (Å²) in [6.45, 7) is 1.96. The van der Waals surface area contributed by atoms with Crippen LogP contribution in [-0.4, -0.2) is 19.0 Å². The van der Waals surface area contributed by atoms with Gasteiger partial charge in [0.1, 0.15) is 0 Å². The van der Waals surface area contributed by atoms with Crippen LogP contribution >= 0.6 is 0 Å². The zero-order valence-electron chi connectivity index (χ0n) is 9.13. The van der Waals surface area contributed by atoms with Crippen LogP contribution in [0, 0.1) is 6.92 Å². The Kier molecular flexibility index (Phi) is 2.62. The summed E-state index contributed by atoms with van der Waals surface area (Å²) >= 11 is 0. The minimum atomic E-state index is 0.0534. The topological polar surface area (TPSA) is 41.1 Å². The molecule has 0 unspecified atom stereocenters. The molecular formula is C12H16N2O. The van der Waals surface area contributed by atoms with Gasteiger partial charge in [-0.05, 0) is 43.5 Å². The molecule has 3 nitrogen and oxygen atoms in total. The van der Waals surface area contributed by atoms with Crippen LogP contribution in [0.4, 0.5) is 5.69 Å². The average Bonchev–Trinajstić information content (AvgIpc) is 3.01. The van der Waals surface area contributed by atoms with Crippen LogP contribution in [0.2, 0.25) is 0 Å². The molecule has 1 aromatic rings. The van der Waals surface area contributed by atoms with Crippen molar-refractivity contribution in [3.8, 4) is 0 Å². The Bertz CT molecular complexity index is 383. The molecule has 1 aliphatic rings. The molecule has 0 aromatic heterocycles. The summed E-state index contributed by atoms with van der Waals surface area (Å²) in [5, 5.41) is 6.04. The van der Waals surface area contributed by atoms with Gasteiger partial charge in [-0.25, -0.2) is 0 Å². The van der Waals surface area contributed by atoms with E-state index in [9.17, 15) is 4.79 Å². The molecule has 1 saturated carbocycles. The van der Waals surface area contributed by atoms with Crippen LogP contribution in [0.15, 0.2) is 18.2 Å². The highest BCUT2D eigenvalue weighted by atomic mass is 16.1. The van der Waals surface area contributed by atoms with Crippen LogP contribution in [0.5, 0.6) is 0 Å². The summed E-state index contributed by atoms with van der Waals surface area (Å²) in [7, 11) is 1.87. The molecule has 15 heavy (non-hydrogen) atoms. The van der Waals surface area contributed by atoms with Crippen molar-refractivity contribution in [2.75, 3.05) is 12.4 Å². The normalized spacial score (nSPS) is 14.8. The number of anilines is 1. The summed E-state index contributed by atoms with van der Waals surface area (Å²) in [6.07, 6.45) is 2.25. The van der Waals surface area contributed by atoms with E-state index in [1.165, 1.54) is 0 Å². The van der Waals surface area contributed by atoms with Crippen LogP contribution in [0.3, 0.4) is 0 Å². The van der Waals surface area contributed by atoms with E-state index in [1.54, 1.807) is 0 Å². The van der Waals surface area contributed by atoms with Crippen molar-refractivity contribution in [2.45, 2.75) is 25.8 Å². The summed E-state index contributed by atoms with van der Waals surface area (Å²) in [6, 6.07) is 6.20. The Morgan fingerprint density at radius 2 is 2.13 bits per heavy atom. The Hall–Kier alpha value is -1.51. The van der Waals surface area contributed by atoms with Gasteiger partial charge in [-0.3, -0.25) is 4.79 Å². The molecule has 0 atom stereocenters. The lowest BCUT2D eigenvalue weighted by Gasteiger charge is -2.08. The van der Waals surface area contributed by atoms with Gasteiger partial charge in [0, 0.05) is 24.3 Å². The largest absolute Gasteiger partial charge is 0.388 e. The van der Waals surface area contributed by atoms with Gasteiger partial charge in [0.2, 0.25) is 0 Å². The van der Waals surface area contributed by atoms with Crippen molar-refractivity contribution in [1.82, 2.24) is 5.32 Å². The number of aryl methyl sites for hydroxylation is 1. The van der Waals surface area contributed by atoms with E-state index in [1.807, 2.05) is 32.2 Å². The molecule has 3 heteroatoms. The quantitative estimate of drug-likeness (QED) is 0.790. The second-order valence-corrected chi connectivity index (χ2v) is 4.03. The molecule has 0 bridgehead atoms. The maximum atomic E-state index is 11.8. The van der Waals surface area contributed by atoms with E-state index in [-0.39, 0.29) is 5.91 Å². The first-order valence-corrected chi connectivity index (χ1v) is 5.30. The van der Waals surface area contributed by atoms with Gasteiger partial charge < -0.3 is 10.6 Å². The number of hydrogen-bond acceptors (Lipinski definition) is 2. The fourth-order valence-electron chi connectivity index (χ4n) is 1.56. The van der Waals surface area contributed by atoms with Crippen molar-refractivity contribution in [3.05, 3.63) is 29.3 Å². The SMILES string of the molecule is CNc1ccc(C(=O)NC2CC2)c(C)c1. The summed E-state index contributed by atoms with van der Waals surface area (Å²) < 4.78 is 0. The zero-order valence-corrected chi connectivity index (χ0v) is 9.13. The van der Waals surface area contributed by atoms with Crippen molar-refractivity contribution in [1.29, 1.82) is 0 Å². The standard InChI is InChI=1S/C12H16N2O/c1-8-7-10(13-2)5-6-11(8)12(15)14-9-3-4-9/h5-7,9,13H,3-4H2,1-2H3,(H,14,15). The summed E-state index contributed by atoms with van der Waals surface area (Å²) in [5.74, 6) is 0.0534. The van der Waals surface area contributed by atoms with E-state index >= 15 is 0 Å². The van der Waals surface area contributed by atoms with Gasteiger partial charge in [-0.2, -0.15) is 0 Å². The highest BCUT2D eigenvalue weighted by molar-refractivity contribution is 5.96. The summed E-state index contributed by atoms with van der Waals surface area (Å²) in [4.78, 5) is 11.8. The Morgan fingerprint density at radius 3 is 2.67 bits per heavy atom. The third-order valence-electron chi connectivity index (χ3n) is 2.67. The molecule has 1 fully saturated rings. The Labute approximate surface area is 89.9 Å². The average molecular weight is 204 g/mol. The third-order valence-corrected chi connectivity index (χ3v) is 2.67. The van der Waals surface area contributed by atoms with Gasteiger partial charge >= 0.3 is 0 Å². The monoisotopic (exact) mass is 204 g/mol. The van der Waals surface area contributed by atoms with Gasteiger partial charge in [0.25, 0.3) is 5.91 Å². The van der Waals surface area contributed by atoms with Gasteiger partial charge in [0.05, 0.1) is 0 Å². The molecule has 0 saturated heterocycles. The third kappa shape index (κ3) is 2.29. The molecule has 80 valence electrons. The van der Waals surface area contributed by atoms with Crippen LogP contribution in [0.1, 0.15) is 28.8 Å². The van der Waals surface area contributed by atoms with Crippen molar-refractivity contribution in [3.63, 3.8) is 0 Å². The first-order chi connectivity index (χ1) is 7.20. The van der Waals surface area contributed by atoms with Crippen LogP contribution in [-0.2, 0) is 0 Å². The maximum Gasteiger partial charge on any atom is 0.251 e. The zero-order chi connectivity index (χ0) is 10.8. The van der Waals surface area contributed by atoms with E-state index < -0.39 is 0 Å². The highest BCUT2D eigenvalue weighted by Crippen LogP contribution is 2.20. The minimum absolute atomic E-state index is 0.0534. The molecular weight excluding hydrogens is 188 g/mol. The first kappa shape index (κ1) is 10.0. The molecule has 2 N–H and O–H groups in total. The molecule has 2 rings (SSSR count). The maximum absolute atomic E-state index is 11.8. The number of rotatable bonds is 3. The fraction of sp³-hybridized carbons (Fsp3) is 0.417. The number of amides is 1. The van der Waals surface area contributed by atoms with Gasteiger partial charge in [-0.1, -0.05) is 0 Å². The predicted molar refractivity (Wildman–Crippen MR) is 61.2 cm³/mol. The second kappa shape index (κ2) is 3.93. The fourth-order valence-corrected chi connectivity index (χ4v) is 1.56. The first-order valence-electron chi connectivity index (χ1n) is 5.30. The van der Waals surface area contributed by atoms with Crippen molar-refractivity contribution >= 4 is 11.6 Å². The van der Waals surface area contributed by atoms with Crippen LogP contribution in [0.25, 0.3) is 0 Å². The lowest BCUT2D eigenvalue weighted by molar-refractivity contribution is 0.0950. The molecule has 0 heterocycles. The van der Waals surface area contributed by atoms with Crippen molar-refractivity contribution < 1.29 is 4.79 Å². The summed E-state index contributed by atoms with van der Waals surface area (Å²) in [5.41, 5.74) is 2.83. The minimum Gasteiger partial charge on any atom is -0.388 e. The van der Waals surface area contributed by atoms with E-state index in [0.29, 0.717) is 6.04 Å². The number of carbonyl (C=O) groups excluding carboxylic acids is 1. The molecule has 1 aromatic carbocycles. The Balaban J connectivity index is 2.15. The number of carbonyl (C=O) groups is 1. The smallest absolute Gasteiger partial charge is 0.251 e. The van der Waals surface area contributed by atoms with E-state index in [0.717, 1.165) is 29.7 Å². The van der Waals surface area contributed by atoms with E-state index in [2.05, 4.69) is 10.6 Å². The van der Waals surface area contributed by atoms with Crippen molar-refractivity contribution in [2.24, 2.45) is 0 Å².